The molecule has 4 rings (SSSR count). The van der Waals surface area contributed by atoms with Gasteiger partial charge in [0.15, 0.2) is 5.13 Å². The molecule has 1 aromatic carbocycles. The molecule has 0 atom stereocenters. The summed E-state index contributed by atoms with van der Waals surface area (Å²) in [5, 5.41) is 0.491. The van der Waals surface area contributed by atoms with E-state index in [-0.39, 0.29) is 5.95 Å². The van der Waals surface area contributed by atoms with Crippen LogP contribution in [0.3, 0.4) is 0 Å². The molecule has 0 aliphatic rings. The predicted molar refractivity (Wildman–Crippen MR) is 137 cm³/mol. The summed E-state index contributed by atoms with van der Waals surface area (Å²) in [6.07, 6.45) is 4.85. The van der Waals surface area contributed by atoms with Crippen molar-refractivity contribution in [3.8, 4) is 22.4 Å². The molecule has 0 unspecified atom stereocenters. The standard InChI is InChI=1S/C22H24N8O3S2/c1-5-30(20(23)31)22-27-18-9-14(8-16(19(18)34-22)17-7-6-13(2)10-24-17)15-11-25-21(26-12-15)28-35(32,33)29(3)4/h6-12H,5H2,1-4H3,(H2,23,31)(H,25,26,28). The Kier molecular flexibility index (Phi) is 6.65. The Labute approximate surface area is 206 Å². The van der Waals surface area contributed by atoms with Crippen molar-refractivity contribution in [2.75, 3.05) is 30.3 Å². The van der Waals surface area contributed by atoms with Crippen LogP contribution in [0.25, 0.3) is 32.6 Å². The first-order valence-corrected chi connectivity index (χ1v) is 12.8. The number of amides is 2. The number of thiazole rings is 1. The Morgan fingerprint density at radius 1 is 1.09 bits per heavy atom. The van der Waals surface area contributed by atoms with Crippen LogP contribution in [0.2, 0.25) is 0 Å². The summed E-state index contributed by atoms with van der Waals surface area (Å²) in [6.45, 7) is 4.18. The van der Waals surface area contributed by atoms with Gasteiger partial charge in [0.05, 0.1) is 15.9 Å². The van der Waals surface area contributed by atoms with Gasteiger partial charge in [0.25, 0.3) is 0 Å². The molecule has 35 heavy (non-hydrogen) atoms. The number of rotatable bonds is 7. The molecule has 0 aliphatic carbocycles. The number of anilines is 2. The van der Waals surface area contributed by atoms with Gasteiger partial charge in [0.1, 0.15) is 0 Å². The average molecular weight is 513 g/mol. The molecule has 0 spiro atoms. The molecule has 3 heterocycles. The van der Waals surface area contributed by atoms with E-state index in [1.54, 1.807) is 6.20 Å². The number of nitrogens with two attached hydrogens (primary N) is 1. The molecule has 0 radical (unpaired) electrons. The first-order chi connectivity index (χ1) is 16.6. The molecule has 0 aliphatic heterocycles. The minimum atomic E-state index is -3.72. The zero-order chi connectivity index (χ0) is 25.3. The van der Waals surface area contributed by atoms with Crippen LogP contribution >= 0.6 is 11.3 Å². The number of aryl methyl sites for hydroxylation is 1. The third kappa shape index (κ3) is 5.06. The van der Waals surface area contributed by atoms with Crippen molar-refractivity contribution in [2.24, 2.45) is 5.73 Å². The topological polar surface area (TPSA) is 147 Å². The van der Waals surface area contributed by atoms with Crippen LogP contribution in [-0.2, 0) is 10.2 Å². The van der Waals surface area contributed by atoms with E-state index in [2.05, 4.69) is 24.7 Å². The Morgan fingerprint density at radius 2 is 1.80 bits per heavy atom. The van der Waals surface area contributed by atoms with Crippen LogP contribution in [0.1, 0.15) is 12.5 Å². The number of nitrogens with zero attached hydrogens (tertiary/aromatic N) is 6. The number of benzene rings is 1. The molecule has 2 amide bonds. The summed E-state index contributed by atoms with van der Waals surface area (Å²) >= 11 is 1.36. The first kappa shape index (κ1) is 24.4. The second-order valence-electron chi connectivity index (χ2n) is 7.86. The lowest BCUT2D eigenvalue weighted by Gasteiger charge is -2.13. The summed E-state index contributed by atoms with van der Waals surface area (Å²) in [5.74, 6) is -0.0417. The summed E-state index contributed by atoms with van der Waals surface area (Å²) < 4.78 is 28.3. The maximum Gasteiger partial charge on any atom is 0.321 e. The Bertz CT molecular complexity index is 1480. The number of carbonyl (C=O) groups excluding carboxylic acids is 1. The normalized spacial score (nSPS) is 11.7. The van der Waals surface area contributed by atoms with Crippen molar-refractivity contribution in [3.05, 3.63) is 48.4 Å². The second-order valence-corrected chi connectivity index (χ2v) is 10.7. The maximum absolute atomic E-state index is 12.0. The van der Waals surface area contributed by atoms with Crippen LogP contribution in [0.15, 0.2) is 42.9 Å². The number of aromatic nitrogens is 4. The van der Waals surface area contributed by atoms with Crippen molar-refractivity contribution >= 4 is 48.9 Å². The Balaban J connectivity index is 1.82. The highest BCUT2D eigenvalue weighted by Gasteiger charge is 2.20. The van der Waals surface area contributed by atoms with Crippen LogP contribution in [0.5, 0.6) is 0 Å². The number of urea groups is 1. The maximum atomic E-state index is 12.0. The van der Waals surface area contributed by atoms with Gasteiger partial charge in [-0.05, 0) is 43.2 Å². The van der Waals surface area contributed by atoms with Gasteiger partial charge in [-0.1, -0.05) is 17.4 Å². The smallest absolute Gasteiger partial charge is 0.321 e. The number of hydrogen-bond donors (Lipinski definition) is 2. The number of hydrogen-bond acceptors (Lipinski definition) is 8. The van der Waals surface area contributed by atoms with Crippen molar-refractivity contribution < 1.29 is 13.2 Å². The lowest BCUT2D eigenvalue weighted by atomic mass is 10.0. The van der Waals surface area contributed by atoms with Gasteiger partial charge in [-0.3, -0.25) is 9.88 Å². The van der Waals surface area contributed by atoms with Crippen LogP contribution < -0.4 is 15.4 Å². The molecule has 3 N–H and O–H groups in total. The fraction of sp³-hybridized carbons (Fsp3) is 0.227. The van der Waals surface area contributed by atoms with Crippen molar-refractivity contribution in [1.82, 2.24) is 24.2 Å². The molecule has 0 fully saturated rings. The fourth-order valence-electron chi connectivity index (χ4n) is 3.24. The molecule has 13 heteroatoms. The molecule has 4 aromatic rings. The zero-order valence-corrected chi connectivity index (χ0v) is 21.2. The van der Waals surface area contributed by atoms with E-state index in [4.69, 9.17) is 5.73 Å². The summed E-state index contributed by atoms with van der Waals surface area (Å²) in [5.41, 5.74) is 10.2. The van der Waals surface area contributed by atoms with Crippen LogP contribution in [0.4, 0.5) is 15.9 Å². The van der Waals surface area contributed by atoms with Gasteiger partial charge >= 0.3 is 16.2 Å². The molecule has 0 saturated heterocycles. The zero-order valence-electron chi connectivity index (χ0n) is 19.6. The van der Waals surface area contributed by atoms with E-state index in [1.807, 2.05) is 38.1 Å². The molecule has 3 aromatic heterocycles. The molecule has 182 valence electrons. The van der Waals surface area contributed by atoms with Crippen molar-refractivity contribution in [3.63, 3.8) is 0 Å². The molecule has 0 saturated carbocycles. The minimum absolute atomic E-state index is 0.0417. The number of carbonyl (C=O) groups is 1. The summed E-state index contributed by atoms with van der Waals surface area (Å²) in [7, 11) is -0.901. The Hall–Kier alpha value is -3.68. The Morgan fingerprint density at radius 3 is 2.37 bits per heavy atom. The molecular formula is C22H24N8O3S2. The molecular weight excluding hydrogens is 488 g/mol. The summed E-state index contributed by atoms with van der Waals surface area (Å²) in [4.78, 5) is 30.8. The number of fused-ring (bicyclic) bond motifs is 1. The monoisotopic (exact) mass is 512 g/mol. The fourth-order valence-corrected chi connectivity index (χ4v) is 4.90. The highest BCUT2D eigenvalue weighted by molar-refractivity contribution is 7.90. The SMILES string of the molecule is CCN(C(N)=O)c1nc2cc(-c3cnc(NS(=O)(=O)N(C)C)nc3)cc(-c3ccc(C)cn3)c2s1. The van der Waals surface area contributed by atoms with Gasteiger partial charge in [-0.15, -0.1) is 0 Å². The van der Waals surface area contributed by atoms with E-state index in [9.17, 15) is 13.2 Å². The highest BCUT2D eigenvalue weighted by atomic mass is 32.2. The van der Waals surface area contributed by atoms with Crippen molar-refractivity contribution in [2.45, 2.75) is 13.8 Å². The van der Waals surface area contributed by atoms with E-state index in [0.717, 1.165) is 31.4 Å². The van der Waals surface area contributed by atoms with Gasteiger partial charge in [0.2, 0.25) is 5.95 Å². The summed E-state index contributed by atoms with van der Waals surface area (Å²) in [6, 6.07) is 7.13. The van der Waals surface area contributed by atoms with Gasteiger partial charge in [-0.2, -0.15) is 12.7 Å². The van der Waals surface area contributed by atoms with Gasteiger partial charge in [-0.25, -0.2) is 24.5 Å². The largest absolute Gasteiger partial charge is 0.351 e. The average Bonchev–Trinajstić information content (AvgIpc) is 3.23. The van der Waals surface area contributed by atoms with E-state index < -0.39 is 16.2 Å². The predicted octanol–water partition coefficient (Wildman–Crippen LogP) is 3.25. The van der Waals surface area contributed by atoms with Gasteiger partial charge < -0.3 is 5.73 Å². The van der Waals surface area contributed by atoms with E-state index >= 15 is 0 Å². The third-order valence-electron chi connectivity index (χ3n) is 5.17. The van der Waals surface area contributed by atoms with Crippen molar-refractivity contribution in [1.29, 1.82) is 0 Å². The minimum Gasteiger partial charge on any atom is -0.351 e. The third-order valence-corrected chi connectivity index (χ3v) is 7.69. The first-order valence-electron chi connectivity index (χ1n) is 10.6. The highest BCUT2D eigenvalue weighted by Crippen LogP contribution is 2.39. The number of primary amides is 1. The second kappa shape index (κ2) is 9.52. The lowest BCUT2D eigenvalue weighted by Crippen LogP contribution is -2.35. The van der Waals surface area contributed by atoms with Gasteiger partial charge in [0, 0.05) is 50.4 Å². The van der Waals surface area contributed by atoms with Crippen LogP contribution in [-0.4, -0.2) is 59.3 Å². The molecule has 0 bridgehead atoms. The lowest BCUT2D eigenvalue weighted by molar-refractivity contribution is 0.254. The quantitative estimate of drug-likeness (QED) is 0.386. The van der Waals surface area contributed by atoms with E-state index in [0.29, 0.717) is 22.8 Å². The number of pyridine rings is 1. The van der Waals surface area contributed by atoms with Crippen LogP contribution in [0, 0.1) is 6.92 Å². The molecule has 11 nitrogen and oxygen atoms in total. The number of nitrogens with one attached hydrogen (secondary N) is 1. The van der Waals surface area contributed by atoms with E-state index in [1.165, 1.54) is 42.7 Å².